The van der Waals surface area contributed by atoms with E-state index >= 15 is 0 Å². The van der Waals surface area contributed by atoms with E-state index in [0.717, 1.165) is 4.57 Å². The summed E-state index contributed by atoms with van der Waals surface area (Å²) in [6.07, 6.45) is 0. The largest absolute Gasteiger partial charge is 0.328 e. The zero-order chi connectivity index (χ0) is 8.72. The van der Waals surface area contributed by atoms with Crippen molar-refractivity contribution in [1.29, 1.82) is 0 Å². The molecule has 4 nitrogen and oxygen atoms in total. The van der Waals surface area contributed by atoms with E-state index in [1.807, 2.05) is 0 Å². The Labute approximate surface area is 71.1 Å². The summed E-state index contributed by atoms with van der Waals surface area (Å²) in [6.45, 7) is 0. The maximum atomic E-state index is 11.4. The third-order valence-corrected chi connectivity index (χ3v) is 2.49. The normalized spacial score (nSPS) is 10.8. The summed E-state index contributed by atoms with van der Waals surface area (Å²) in [5.41, 5.74) is 0.00833. The summed E-state index contributed by atoms with van der Waals surface area (Å²) in [4.78, 5) is 25.0. The second-order valence-corrected chi connectivity index (χ2v) is 3.24. The Bertz CT molecular complexity index is 534. The Hall–Kier alpha value is -1.36. The molecular formula is C7H6N2O2S. The van der Waals surface area contributed by atoms with Crippen molar-refractivity contribution in [2.75, 3.05) is 0 Å². The minimum absolute atomic E-state index is 0.241. The van der Waals surface area contributed by atoms with Gasteiger partial charge in [-0.1, -0.05) is 0 Å². The molecule has 0 unspecified atom stereocenters. The molecule has 0 aliphatic heterocycles. The van der Waals surface area contributed by atoms with Crippen molar-refractivity contribution < 1.29 is 0 Å². The molecule has 5 heteroatoms. The molecule has 0 bridgehead atoms. The molecule has 2 aromatic rings. The van der Waals surface area contributed by atoms with Crippen LogP contribution >= 0.6 is 11.3 Å². The first-order chi connectivity index (χ1) is 5.70. The molecule has 0 fully saturated rings. The maximum Gasteiger partial charge on any atom is 0.328 e. The van der Waals surface area contributed by atoms with Gasteiger partial charge in [0.1, 0.15) is 0 Å². The van der Waals surface area contributed by atoms with Gasteiger partial charge < -0.3 is 4.98 Å². The predicted octanol–water partition coefficient (Wildman–Crippen LogP) is 0.288. The fourth-order valence-electron chi connectivity index (χ4n) is 1.03. The minimum Gasteiger partial charge on any atom is -0.306 e. The second kappa shape index (κ2) is 2.31. The fourth-order valence-corrected chi connectivity index (χ4v) is 1.79. The highest BCUT2D eigenvalue weighted by Crippen LogP contribution is 2.09. The molecular weight excluding hydrogens is 176 g/mol. The van der Waals surface area contributed by atoms with E-state index in [4.69, 9.17) is 0 Å². The molecule has 0 atom stereocenters. The van der Waals surface area contributed by atoms with Gasteiger partial charge in [0.2, 0.25) is 0 Å². The number of fused-ring (bicyclic) bond motifs is 1. The van der Waals surface area contributed by atoms with Gasteiger partial charge in [0.15, 0.2) is 0 Å². The standard InChI is InChI=1S/C7H6N2O2S/c1-9-6(10)4-2-12-3-5(4)8-7(9)11/h2-3H,1H3,(H,8,11). The quantitative estimate of drug-likeness (QED) is 0.636. The molecule has 1 N–H and O–H groups in total. The zero-order valence-electron chi connectivity index (χ0n) is 6.33. The molecule has 0 spiro atoms. The van der Waals surface area contributed by atoms with E-state index in [1.165, 1.54) is 18.4 Å². The van der Waals surface area contributed by atoms with Crippen LogP contribution in [0.4, 0.5) is 0 Å². The summed E-state index contributed by atoms with van der Waals surface area (Å²) in [6, 6.07) is 0. The van der Waals surface area contributed by atoms with Crippen LogP contribution in [0.1, 0.15) is 0 Å². The zero-order valence-corrected chi connectivity index (χ0v) is 7.14. The van der Waals surface area contributed by atoms with Crippen LogP contribution in [0.5, 0.6) is 0 Å². The Balaban J connectivity index is 3.16. The molecule has 2 aromatic heterocycles. The van der Waals surface area contributed by atoms with E-state index in [1.54, 1.807) is 10.8 Å². The van der Waals surface area contributed by atoms with Crippen LogP contribution in [0.25, 0.3) is 10.9 Å². The highest BCUT2D eigenvalue weighted by atomic mass is 32.1. The van der Waals surface area contributed by atoms with E-state index in [2.05, 4.69) is 4.98 Å². The van der Waals surface area contributed by atoms with Gasteiger partial charge in [-0.05, 0) is 0 Å². The molecule has 0 aliphatic carbocycles. The molecule has 0 saturated carbocycles. The van der Waals surface area contributed by atoms with Crippen LogP contribution < -0.4 is 11.2 Å². The van der Waals surface area contributed by atoms with Gasteiger partial charge in [0, 0.05) is 17.8 Å². The molecule has 0 aliphatic rings. The number of thiophene rings is 1. The number of H-pyrrole nitrogens is 1. The average molecular weight is 182 g/mol. The monoisotopic (exact) mass is 182 g/mol. The second-order valence-electron chi connectivity index (χ2n) is 2.49. The van der Waals surface area contributed by atoms with Crippen LogP contribution in [0.3, 0.4) is 0 Å². The SMILES string of the molecule is Cn1c(=O)[nH]c2cscc2c1=O. The lowest BCUT2D eigenvalue weighted by Gasteiger charge is -1.94. The lowest BCUT2D eigenvalue weighted by molar-refractivity contribution is 0.794. The summed E-state index contributed by atoms with van der Waals surface area (Å²) in [5.74, 6) is 0. The van der Waals surface area contributed by atoms with Gasteiger partial charge in [0.25, 0.3) is 5.56 Å². The Morgan fingerprint density at radius 3 is 2.92 bits per heavy atom. The molecule has 2 heterocycles. The Morgan fingerprint density at radius 1 is 1.42 bits per heavy atom. The van der Waals surface area contributed by atoms with Crippen molar-refractivity contribution >= 4 is 22.2 Å². The molecule has 2 rings (SSSR count). The summed E-state index contributed by atoms with van der Waals surface area (Å²) in [7, 11) is 1.46. The van der Waals surface area contributed by atoms with Crippen molar-refractivity contribution in [3.63, 3.8) is 0 Å². The number of hydrogen-bond donors (Lipinski definition) is 1. The summed E-state index contributed by atoms with van der Waals surface area (Å²) in [5, 5.41) is 4.05. The van der Waals surface area contributed by atoms with Crippen LogP contribution in [0, 0.1) is 0 Å². The molecule has 0 aromatic carbocycles. The number of nitrogens with one attached hydrogen (secondary N) is 1. The van der Waals surface area contributed by atoms with Gasteiger partial charge in [-0.25, -0.2) is 4.79 Å². The first-order valence-electron chi connectivity index (χ1n) is 3.35. The van der Waals surface area contributed by atoms with Crippen LogP contribution in [-0.4, -0.2) is 9.55 Å². The van der Waals surface area contributed by atoms with Crippen LogP contribution in [-0.2, 0) is 7.05 Å². The van der Waals surface area contributed by atoms with Crippen molar-refractivity contribution in [2.24, 2.45) is 7.05 Å². The van der Waals surface area contributed by atoms with Crippen molar-refractivity contribution in [2.45, 2.75) is 0 Å². The third kappa shape index (κ3) is 0.831. The van der Waals surface area contributed by atoms with Gasteiger partial charge in [-0.15, -0.1) is 11.3 Å². The van der Waals surface area contributed by atoms with Crippen LogP contribution in [0.15, 0.2) is 20.3 Å². The minimum atomic E-state index is -0.370. The number of rotatable bonds is 0. The maximum absolute atomic E-state index is 11.4. The van der Waals surface area contributed by atoms with Gasteiger partial charge in [-0.3, -0.25) is 9.36 Å². The van der Waals surface area contributed by atoms with Crippen molar-refractivity contribution in [1.82, 2.24) is 9.55 Å². The summed E-state index contributed by atoms with van der Waals surface area (Å²) >= 11 is 1.40. The Morgan fingerprint density at radius 2 is 2.17 bits per heavy atom. The fraction of sp³-hybridized carbons (Fsp3) is 0.143. The van der Waals surface area contributed by atoms with E-state index in [-0.39, 0.29) is 11.2 Å². The van der Waals surface area contributed by atoms with E-state index in [9.17, 15) is 9.59 Å². The molecule has 0 amide bonds. The third-order valence-electron chi connectivity index (χ3n) is 1.74. The first-order valence-corrected chi connectivity index (χ1v) is 4.29. The smallest absolute Gasteiger partial charge is 0.306 e. The number of aromatic nitrogens is 2. The summed E-state index contributed by atoms with van der Waals surface area (Å²) < 4.78 is 1.06. The topological polar surface area (TPSA) is 54.9 Å². The first kappa shape index (κ1) is 7.30. The van der Waals surface area contributed by atoms with E-state index < -0.39 is 0 Å². The van der Waals surface area contributed by atoms with Gasteiger partial charge in [0.05, 0.1) is 10.9 Å². The Kier molecular flexibility index (Phi) is 1.41. The average Bonchev–Trinajstić information content (AvgIpc) is 2.48. The molecule has 0 radical (unpaired) electrons. The van der Waals surface area contributed by atoms with E-state index in [0.29, 0.717) is 10.9 Å². The molecule has 12 heavy (non-hydrogen) atoms. The number of aromatic amines is 1. The van der Waals surface area contributed by atoms with Crippen molar-refractivity contribution in [3.05, 3.63) is 31.6 Å². The lowest BCUT2D eigenvalue weighted by Crippen LogP contribution is -2.31. The highest BCUT2D eigenvalue weighted by molar-refractivity contribution is 7.09. The number of hydrogen-bond acceptors (Lipinski definition) is 3. The van der Waals surface area contributed by atoms with Gasteiger partial charge >= 0.3 is 5.69 Å². The highest BCUT2D eigenvalue weighted by Gasteiger charge is 2.03. The van der Waals surface area contributed by atoms with Crippen LogP contribution in [0.2, 0.25) is 0 Å². The molecule has 0 saturated heterocycles. The molecule has 62 valence electrons. The number of nitrogens with zero attached hydrogens (tertiary/aromatic N) is 1. The van der Waals surface area contributed by atoms with Crippen molar-refractivity contribution in [3.8, 4) is 0 Å². The lowest BCUT2D eigenvalue weighted by atomic mass is 10.4. The van der Waals surface area contributed by atoms with Gasteiger partial charge in [-0.2, -0.15) is 0 Å². The predicted molar refractivity (Wildman–Crippen MR) is 47.7 cm³/mol.